The van der Waals surface area contributed by atoms with Crippen molar-refractivity contribution in [2.24, 2.45) is 5.73 Å². The zero-order valence-corrected chi connectivity index (χ0v) is 9.43. The van der Waals surface area contributed by atoms with Crippen molar-refractivity contribution in [3.05, 3.63) is 22.7 Å². The molecule has 0 unspecified atom stereocenters. The topological polar surface area (TPSA) is 44.5 Å². The summed E-state index contributed by atoms with van der Waals surface area (Å²) in [6.07, 6.45) is 0.588. The molecular weight excluding hydrogens is 240 g/mol. The summed E-state index contributed by atoms with van der Waals surface area (Å²) in [4.78, 5) is 0. The third kappa shape index (κ3) is 3.21. The molecule has 6 heteroatoms. The van der Waals surface area contributed by atoms with Crippen molar-refractivity contribution in [1.82, 2.24) is 0 Å². The Labute approximate surface area is 97.1 Å². The average molecular weight is 252 g/mol. The number of halogens is 3. The van der Waals surface area contributed by atoms with Gasteiger partial charge >= 0.3 is 6.61 Å². The molecule has 0 aliphatic heterocycles. The fraction of sp³-hybridized carbons (Fsp3) is 0.400. The van der Waals surface area contributed by atoms with Gasteiger partial charge in [-0.3, -0.25) is 0 Å². The molecule has 0 aliphatic carbocycles. The predicted molar refractivity (Wildman–Crippen MR) is 57.4 cm³/mol. The zero-order chi connectivity index (χ0) is 12.1. The van der Waals surface area contributed by atoms with Gasteiger partial charge in [0.1, 0.15) is 0 Å². The van der Waals surface area contributed by atoms with Gasteiger partial charge in [-0.2, -0.15) is 8.78 Å². The fourth-order valence-corrected chi connectivity index (χ4v) is 1.57. The van der Waals surface area contributed by atoms with Crippen LogP contribution in [0.15, 0.2) is 12.1 Å². The van der Waals surface area contributed by atoms with E-state index in [0.29, 0.717) is 13.0 Å². The largest absolute Gasteiger partial charge is 0.493 e. The molecule has 0 radical (unpaired) electrons. The van der Waals surface area contributed by atoms with Gasteiger partial charge in [-0.15, -0.1) is 0 Å². The summed E-state index contributed by atoms with van der Waals surface area (Å²) in [5.74, 6) is 0.0242. The summed E-state index contributed by atoms with van der Waals surface area (Å²) >= 11 is 5.81. The lowest BCUT2D eigenvalue weighted by atomic mass is 10.1. The minimum atomic E-state index is -2.94. The van der Waals surface area contributed by atoms with E-state index in [-0.39, 0.29) is 16.5 Å². The molecule has 1 aromatic carbocycles. The van der Waals surface area contributed by atoms with E-state index in [2.05, 4.69) is 4.74 Å². The van der Waals surface area contributed by atoms with Crippen molar-refractivity contribution in [1.29, 1.82) is 0 Å². The van der Waals surface area contributed by atoms with Gasteiger partial charge in [-0.1, -0.05) is 11.6 Å². The first-order valence-electron chi connectivity index (χ1n) is 4.59. The molecular formula is C10H12ClF2NO2. The Balaban J connectivity index is 3.07. The Morgan fingerprint density at radius 3 is 2.62 bits per heavy atom. The van der Waals surface area contributed by atoms with E-state index < -0.39 is 6.61 Å². The molecule has 1 aromatic rings. The molecule has 3 nitrogen and oxygen atoms in total. The Morgan fingerprint density at radius 1 is 1.44 bits per heavy atom. The fourth-order valence-electron chi connectivity index (χ4n) is 1.29. The van der Waals surface area contributed by atoms with Crippen molar-refractivity contribution in [2.75, 3.05) is 13.7 Å². The minimum absolute atomic E-state index is 0.0862. The molecule has 0 fully saturated rings. The van der Waals surface area contributed by atoms with Crippen molar-refractivity contribution in [3.8, 4) is 11.5 Å². The maximum absolute atomic E-state index is 12.1. The first-order chi connectivity index (χ1) is 7.58. The number of nitrogens with two attached hydrogens (primary N) is 1. The second kappa shape index (κ2) is 5.86. The second-order valence-corrected chi connectivity index (χ2v) is 3.43. The second-order valence-electron chi connectivity index (χ2n) is 3.03. The minimum Gasteiger partial charge on any atom is -0.493 e. The van der Waals surface area contributed by atoms with Crippen LogP contribution in [0.3, 0.4) is 0 Å². The maximum Gasteiger partial charge on any atom is 0.387 e. The van der Waals surface area contributed by atoms with Crippen LogP contribution >= 0.6 is 11.6 Å². The first-order valence-corrected chi connectivity index (χ1v) is 4.97. The number of rotatable bonds is 5. The van der Waals surface area contributed by atoms with Crippen LogP contribution in [0.5, 0.6) is 11.5 Å². The van der Waals surface area contributed by atoms with Crippen LogP contribution in [0.2, 0.25) is 5.02 Å². The highest BCUT2D eigenvalue weighted by Gasteiger charge is 2.15. The predicted octanol–water partition coefficient (Wildman–Crippen LogP) is 2.45. The Kier molecular flexibility index (Phi) is 4.76. The lowest BCUT2D eigenvalue weighted by molar-refractivity contribution is -0.0511. The first kappa shape index (κ1) is 13.0. The Morgan fingerprint density at radius 2 is 2.12 bits per heavy atom. The highest BCUT2D eigenvalue weighted by atomic mass is 35.5. The quantitative estimate of drug-likeness (QED) is 0.874. The van der Waals surface area contributed by atoms with Gasteiger partial charge in [0.25, 0.3) is 0 Å². The summed E-state index contributed by atoms with van der Waals surface area (Å²) < 4.78 is 33.4. The molecule has 0 atom stereocenters. The number of hydrogen-bond donors (Lipinski definition) is 1. The SMILES string of the molecule is COc1cc(CCN)cc(Cl)c1OC(F)F. The molecule has 90 valence electrons. The van der Waals surface area contributed by atoms with Gasteiger partial charge < -0.3 is 15.2 Å². The van der Waals surface area contributed by atoms with Gasteiger partial charge in [-0.25, -0.2) is 0 Å². The summed E-state index contributed by atoms with van der Waals surface area (Å²) in [6, 6.07) is 3.12. The van der Waals surface area contributed by atoms with Crippen LogP contribution in [0.4, 0.5) is 8.78 Å². The number of methoxy groups -OCH3 is 1. The van der Waals surface area contributed by atoms with E-state index >= 15 is 0 Å². The molecule has 0 saturated heterocycles. The lowest BCUT2D eigenvalue weighted by Crippen LogP contribution is -2.06. The monoisotopic (exact) mass is 251 g/mol. The van der Waals surface area contributed by atoms with Crippen molar-refractivity contribution >= 4 is 11.6 Å². The van der Waals surface area contributed by atoms with Gasteiger partial charge in [0.05, 0.1) is 12.1 Å². The van der Waals surface area contributed by atoms with Crippen molar-refractivity contribution in [2.45, 2.75) is 13.0 Å². The van der Waals surface area contributed by atoms with Crippen molar-refractivity contribution in [3.63, 3.8) is 0 Å². The summed E-state index contributed by atoms with van der Waals surface area (Å²) in [5, 5.41) is 0.0862. The normalized spacial score (nSPS) is 10.6. The number of hydrogen-bond acceptors (Lipinski definition) is 3. The third-order valence-corrected chi connectivity index (χ3v) is 2.21. The molecule has 1 rings (SSSR count). The number of alkyl halides is 2. The van der Waals surface area contributed by atoms with Crippen molar-refractivity contribution < 1.29 is 18.3 Å². The van der Waals surface area contributed by atoms with E-state index in [9.17, 15) is 8.78 Å². The smallest absolute Gasteiger partial charge is 0.387 e. The molecule has 0 aromatic heterocycles. The Hall–Kier alpha value is -1.07. The average Bonchev–Trinajstić information content (AvgIpc) is 2.21. The maximum atomic E-state index is 12.1. The van der Waals surface area contributed by atoms with E-state index in [0.717, 1.165) is 5.56 Å². The molecule has 2 N–H and O–H groups in total. The van der Waals surface area contributed by atoms with Crippen LogP contribution in [-0.2, 0) is 6.42 Å². The number of ether oxygens (including phenoxy) is 2. The molecule has 0 bridgehead atoms. The lowest BCUT2D eigenvalue weighted by Gasteiger charge is -2.13. The third-order valence-electron chi connectivity index (χ3n) is 1.93. The van der Waals surface area contributed by atoms with Gasteiger partial charge in [-0.05, 0) is 30.7 Å². The molecule has 0 saturated carbocycles. The van der Waals surface area contributed by atoms with Gasteiger partial charge in [0.15, 0.2) is 11.5 Å². The highest BCUT2D eigenvalue weighted by molar-refractivity contribution is 6.32. The molecule has 0 spiro atoms. The van der Waals surface area contributed by atoms with E-state index in [1.807, 2.05) is 0 Å². The standard InChI is InChI=1S/C10H12ClF2NO2/c1-15-8-5-6(2-3-14)4-7(11)9(8)16-10(12)13/h4-5,10H,2-3,14H2,1H3. The summed E-state index contributed by atoms with van der Waals surface area (Å²) in [5.41, 5.74) is 6.20. The summed E-state index contributed by atoms with van der Waals surface area (Å²) in [6.45, 7) is -2.50. The summed E-state index contributed by atoms with van der Waals surface area (Å²) in [7, 11) is 1.36. The van der Waals surface area contributed by atoms with E-state index in [1.54, 1.807) is 6.07 Å². The van der Waals surface area contributed by atoms with Crippen LogP contribution in [0.25, 0.3) is 0 Å². The molecule has 0 aliphatic rings. The zero-order valence-electron chi connectivity index (χ0n) is 8.67. The Bertz CT molecular complexity index is 361. The van der Waals surface area contributed by atoms with E-state index in [4.69, 9.17) is 22.1 Å². The van der Waals surface area contributed by atoms with E-state index in [1.165, 1.54) is 13.2 Å². The van der Waals surface area contributed by atoms with Crippen LogP contribution in [0.1, 0.15) is 5.56 Å². The number of benzene rings is 1. The van der Waals surface area contributed by atoms with Gasteiger partial charge in [0.2, 0.25) is 0 Å². The van der Waals surface area contributed by atoms with Crippen LogP contribution in [-0.4, -0.2) is 20.3 Å². The molecule has 0 amide bonds. The molecule has 0 heterocycles. The van der Waals surface area contributed by atoms with Crippen LogP contribution < -0.4 is 15.2 Å². The van der Waals surface area contributed by atoms with Crippen LogP contribution in [0, 0.1) is 0 Å². The highest BCUT2D eigenvalue weighted by Crippen LogP contribution is 2.37. The van der Waals surface area contributed by atoms with Gasteiger partial charge in [0, 0.05) is 0 Å². The molecule has 16 heavy (non-hydrogen) atoms.